The number of amides is 2. The molecule has 0 N–H and O–H groups in total. The molecule has 0 aliphatic carbocycles. The van der Waals surface area contributed by atoms with Gasteiger partial charge in [-0.15, -0.1) is 0 Å². The molecule has 2 amide bonds. The summed E-state index contributed by atoms with van der Waals surface area (Å²) in [6.45, 7) is 0.673. The number of ether oxygens (including phenoxy) is 2. The first-order chi connectivity index (χ1) is 9.37. The summed E-state index contributed by atoms with van der Waals surface area (Å²) in [5.41, 5.74) is 0.667. The molecule has 0 radical (unpaired) electrons. The average molecular weight is 330 g/mol. The van der Waals surface area contributed by atoms with E-state index in [4.69, 9.17) is 9.47 Å². The molecular weight excluding hydrogens is 315 g/mol. The number of methoxy groups -OCH3 is 2. The van der Waals surface area contributed by atoms with Gasteiger partial charge in [-0.2, -0.15) is 9.35 Å². The van der Waals surface area contributed by atoms with E-state index in [1.807, 2.05) is 0 Å². The van der Waals surface area contributed by atoms with Crippen molar-refractivity contribution < 1.29 is 61.1 Å². The van der Waals surface area contributed by atoms with Crippen LogP contribution in [0.25, 0.3) is 0 Å². The van der Waals surface area contributed by atoms with Crippen LogP contribution in [0, 0.1) is 0 Å². The van der Waals surface area contributed by atoms with Gasteiger partial charge in [0.15, 0.2) is 0 Å². The minimum absolute atomic E-state index is 0. The van der Waals surface area contributed by atoms with Crippen molar-refractivity contribution in [1.29, 1.82) is 0 Å². The fourth-order valence-electron chi connectivity index (χ4n) is 2.39. The maximum atomic E-state index is 12.1. The number of carbonyl (C=O) groups excluding carboxylic acids is 1. The fourth-order valence-corrected chi connectivity index (χ4v) is 2.76. The Labute approximate surface area is 145 Å². The molecule has 11 heteroatoms. The van der Waals surface area contributed by atoms with Crippen molar-refractivity contribution in [3.63, 3.8) is 0 Å². The Bertz CT molecular complexity index is 523. The van der Waals surface area contributed by atoms with Gasteiger partial charge in [-0.05, 0) is 5.57 Å². The molecule has 2 aliphatic rings. The van der Waals surface area contributed by atoms with Crippen LogP contribution in [0.5, 0.6) is 0 Å². The predicted molar refractivity (Wildman–Crippen MR) is 64.1 cm³/mol. The monoisotopic (exact) mass is 330 g/mol. The van der Waals surface area contributed by atoms with Crippen LogP contribution in [0.3, 0.4) is 0 Å². The molecule has 21 heavy (non-hydrogen) atoms. The Morgan fingerprint density at radius 3 is 2.57 bits per heavy atom. The minimum Gasteiger partial charge on any atom is -0.724 e. The molecule has 0 saturated carbocycles. The van der Waals surface area contributed by atoms with E-state index in [1.54, 1.807) is 6.08 Å². The third-order valence-corrected chi connectivity index (χ3v) is 3.48. The number of carbonyl (C=O) groups is 1. The largest absolute Gasteiger partial charge is 1.00 e. The van der Waals surface area contributed by atoms with E-state index in [-0.39, 0.29) is 55.4 Å². The Hall–Kier alpha value is -0.200. The summed E-state index contributed by atoms with van der Waals surface area (Å²) in [6.07, 6.45) is 1.76. The number of urea groups is 1. The standard InChI is InChI=1S/C10H16N2O7S.Na/c1-17-5-7-3-8(6-18-2)11-4-9(7)12(10(11)13)19-20(14,15)16;/h3,8-9H,4-6H2,1-2H3,(H,14,15,16);/q;+1/p-1/t8-,9-;/m0./s1. The summed E-state index contributed by atoms with van der Waals surface area (Å²) in [7, 11) is -2.05. The van der Waals surface area contributed by atoms with Crippen molar-refractivity contribution in [3.05, 3.63) is 11.6 Å². The fraction of sp³-hybridized carbons (Fsp3) is 0.700. The van der Waals surface area contributed by atoms with Crippen molar-refractivity contribution in [2.75, 3.05) is 34.0 Å². The number of hydrogen-bond acceptors (Lipinski definition) is 7. The maximum absolute atomic E-state index is 12.1. The zero-order chi connectivity index (χ0) is 14.9. The normalized spacial score (nSPS) is 24.9. The molecule has 2 rings (SSSR count). The van der Waals surface area contributed by atoms with E-state index in [9.17, 15) is 17.8 Å². The van der Waals surface area contributed by atoms with Gasteiger partial charge in [0.25, 0.3) is 0 Å². The van der Waals surface area contributed by atoms with Gasteiger partial charge in [0, 0.05) is 14.2 Å². The van der Waals surface area contributed by atoms with Gasteiger partial charge in [0.1, 0.15) is 6.04 Å². The van der Waals surface area contributed by atoms with E-state index < -0.39 is 22.5 Å². The van der Waals surface area contributed by atoms with Crippen LogP contribution in [-0.2, 0) is 24.2 Å². The number of nitrogens with zero attached hydrogens (tertiary/aromatic N) is 2. The molecule has 114 valence electrons. The second-order valence-corrected chi connectivity index (χ2v) is 5.42. The van der Waals surface area contributed by atoms with Crippen molar-refractivity contribution in [2.24, 2.45) is 0 Å². The first-order valence-electron chi connectivity index (χ1n) is 5.81. The first-order valence-corrected chi connectivity index (χ1v) is 7.14. The van der Waals surface area contributed by atoms with Gasteiger partial charge in [0.05, 0.1) is 25.8 Å². The Morgan fingerprint density at radius 2 is 2.05 bits per heavy atom. The third kappa shape index (κ3) is 4.17. The molecule has 0 aromatic rings. The molecule has 0 spiro atoms. The van der Waals surface area contributed by atoms with E-state index in [2.05, 4.69) is 4.28 Å². The number of rotatable bonds is 6. The van der Waals surface area contributed by atoms with E-state index in [1.165, 1.54) is 19.1 Å². The second-order valence-electron chi connectivity index (χ2n) is 4.46. The quantitative estimate of drug-likeness (QED) is 0.212. The molecular formula is C10H15N2NaO7S. The summed E-state index contributed by atoms with van der Waals surface area (Å²) in [5, 5.41) is 0.586. The van der Waals surface area contributed by atoms with Crippen LogP contribution in [0.1, 0.15) is 0 Å². The summed E-state index contributed by atoms with van der Waals surface area (Å²) in [5.74, 6) is 0. The molecule has 9 nitrogen and oxygen atoms in total. The maximum Gasteiger partial charge on any atom is 1.00 e. The minimum atomic E-state index is -5.02. The molecule has 0 aromatic carbocycles. The zero-order valence-corrected chi connectivity index (χ0v) is 14.8. The first kappa shape index (κ1) is 18.8. The van der Waals surface area contributed by atoms with Crippen molar-refractivity contribution >= 4 is 16.4 Å². The van der Waals surface area contributed by atoms with Crippen molar-refractivity contribution in [1.82, 2.24) is 9.96 Å². The average Bonchev–Trinajstić information content (AvgIpc) is 2.60. The molecule has 2 aliphatic heterocycles. The van der Waals surface area contributed by atoms with Crippen molar-refractivity contribution in [3.8, 4) is 0 Å². The molecule has 0 unspecified atom stereocenters. The molecule has 1 saturated heterocycles. The summed E-state index contributed by atoms with van der Waals surface area (Å²) in [6, 6.07) is -1.69. The van der Waals surface area contributed by atoms with Crippen LogP contribution in [-0.4, -0.2) is 75.0 Å². The Balaban J connectivity index is 0.00000220. The van der Waals surface area contributed by atoms with Gasteiger partial charge in [0.2, 0.25) is 10.4 Å². The van der Waals surface area contributed by atoms with E-state index in [0.29, 0.717) is 10.6 Å². The van der Waals surface area contributed by atoms with Crippen LogP contribution in [0.2, 0.25) is 0 Å². The summed E-state index contributed by atoms with van der Waals surface area (Å²) < 4.78 is 46.5. The molecule has 2 bridgehead atoms. The van der Waals surface area contributed by atoms with Gasteiger partial charge >= 0.3 is 35.6 Å². The summed E-state index contributed by atoms with van der Waals surface area (Å²) in [4.78, 5) is 13.5. The van der Waals surface area contributed by atoms with E-state index >= 15 is 0 Å². The predicted octanol–water partition coefficient (Wildman–Crippen LogP) is -3.91. The summed E-state index contributed by atoms with van der Waals surface area (Å²) >= 11 is 0. The topological polar surface area (TPSA) is 108 Å². The Kier molecular flexibility index (Phi) is 6.62. The van der Waals surface area contributed by atoms with Crippen molar-refractivity contribution in [2.45, 2.75) is 12.1 Å². The number of hydroxylamine groups is 2. The zero-order valence-electron chi connectivity index (χ0n) is 12.0. The van der Waals surface area contributed by atoms with Gasteiger partial charge in [-0.25, -0.2) is 13.2 Å². The smallest absolute Gasteiger partial charge is 0.724 e. The van der Waals surface area contributed by atoms with Crippen LogP contribution >= 0.6 is 0 Å². The molecule has 1 fully saturated rings. The molecule has 2 heterocycles. The SMILES string of the molecule is COCC1=C[C@@H](COC)N2C[C@@H]1N(OS(=O)(=O)[O-])C2=O.[Na+]. The number of fused-ring (bicyclic) bond motifs is 2. The van der Waals surface area contributed by atoms with Gasteiger partial charge < -0.3 is 18.9 Å². The number of hydrogen-bond donors (Lipinski definition) is 0. The molecule has 0 aromatic heterocycles. The van der Waals surface area contributed by atoms with Crippen LogP contribution in [0.15, 0.2) is 11.6 Å². The van der Waals surface area contributed by atoms with Gasteiger partial charge in [-0.3, -0.25) is 0 Å². The Morgan fingerprint density at radius 1 is 1.38 bits per heavy atom. The van der Waals surface area contributed by atoms with Crippen LogP contribution < -0.4 is 29.6 Å². The van der Waals surface area contributed by atoms with E-state index in [0.717, 1.165) is 0 Å². The third-order valence-electron chi connectivity index (χ3n) is 3.14. The second kappa shape index (κ2) is 7.38. The molecule has 2 atom stereocenters. The van der Waals surface area contributed by atoms with Gasteiger partial charge in [-0.1, -0.05) is 6.08 Å². The van der Waals surface area contributed by atoms with Crippen LogP contribution in [0.4, 0.5) is 4.79 Å².